The van der Waals surface area contributed by atoms with Crippen molar-refractivity contribution >= 4 is 9.84 Å². The van der Waals surface area contributed by atoms with Gasteiger partial charge in [-0.15, -0.1) is 0 Å². The molecule has 0 saturated carbocycles. The summed E-state index contributed by atoms with van der Waals surface area (Å²) < 4.78 is 50.0. The Balaban J connectivity index is 2.24. The molecule has 1 aliphatic rings. The van der Waals surface area contributed by atoms with Gasteiger partial charge in [-0.3, -0.25) is 0 Å². The Hall–Kier alpha value is -1.01. The minimum Gasteiger partial charge on any atom is -0.316 e. The lowest BCUT2D eigenvalue weighted by molar-refractivity contribution is 0.374. The highest BCUT2D eigenvalue weighted by Gasteiger charge is 2.22. The maximum Gasteiger partial charge on any atom is 0.181 e. The van der Waals surface area contributed by atoms with Crippen molar-refractivity contribution in [3.8, 4) is 0 Å². The average molecular weight is 289 g/mol. The molecule has 0 aromatic heterocycles. The lowest BCUT2D eigenvalue weighted by atomic mass is 9.92. The zero-order valence-corrected chi connectivity index (χ0v) is 11.6. The number of nitrogens with one attached hydrogen (secondary N) is 1. The molecule has 0 radical (unpaired) electrons. The third-order valence-corrected chi connectivity index (χ3v) is 4.48. The van der Waals surface area contributed by atoms with E-state index >= 15 is 0 Å². The van der Waals surface area contributed by atoms with Crippen LogP contribution in [0, 0.1) is 17.6 Å². The van der Waals surface area contributed by atoms with Crippen LogP contribution in [0.15, 0.2) is 17.0 Å². The van der Waals surface area contributed by atoms with E-state index in [9.17, 15) is 17.2 Å². The van der Waals surface area contributed by atoms with Gasteiger partial charge in [0.25, 0.3) is 0 Å². The fourth-order valence-electron chi connectivity index (χ4n) is 2.52. The maximum atomic E-state index is 13.7. The van der Waals surface area contributed by atoms with Gasteiger partial charge in [0.05, 0.1) is 0 Å². The number of benzene rings is 1. The average Bonchev–Trinajstić information content (AvgIpc) is 2.27. The van der Waals surface area contributed by atoms with Crippen LogP contribution in [0.1, 0.15) is 18.4 Å². The van der Waals surface area contributed by atoms with Gasteiger partial charge < -0.3 is 5.32 Å². The third kappa shape index (κ3) is 3.51. The first-order chi connectivity index (χ1) is 8.88. The summed E-state index contributed by atoms with van der Waals surface area (Å²) in [6.07, 6.45) is 3.44. The third-order valence-electron chi connectivity index (χ3n) is 3.35. The molecule has 106 valence electrons. The van der Waals surface area contributed by atoms with Gasteiger partial charge in [0.1, 0.15) is 16.5 Å². The molecule has 6 heteroatoms. The molecular formula is C13H17F2NO2S. The Kier molecular flexibility index (Phi) is 4.20. The van der Waals surface area contributed by atoms with Gasteiger partial charge in [-0.1, -0.05) is 0 Å². The maximum absolute atomic E-state index is 13.7. The van der Waals surface area contributed by atoms with E-state index in [1.165, 1.54) is 0 Å². The Morgan fingerprint density at radius 1 is 1.32 bits per heavy atom. The van der Waals surface area contributed by atoms with Crippen LogP contribution in [0.5, 0.6) is 0 Å². The monoisotopic (exact) mass is 289 g/mol. The van der Waals surface area contributed by atoms with Crippen LogP contribution < -0.4 is 5.32 Å². The summed E-state index contributed by atoms with van der Waals surface area (Å²) in [5.74, 6) is -1.65. The molecule has 1 aliphatic heterocycles. The van der Waals surface area contributed by atoms with Crippen molar-refractivity contribution in [2.45, 2.75) is 24.2 Å². The minimum atomic E-state index is -3.88. The molecule has 1 aromatic carbocycles. The molecule has 19 heavy (non-hydrogen) atoms. The molecule has 0 aliphatic carbocycles. The van der Waals surface area contributed by atoms with Gasteiger partial charge in [-0.2, -0.15) is 0 Å². The van der Waals surface area contributed by atoms with Crippen LogP contribution >= 0.6 is 0 Å². The van der Waals surface area contributed by atoms with E-state index in [-0.39, 0.29) is 0 Å². The van der Waals surface area contributed by atoms with E-state index in [0.29, 0.717) is 17.9 Å². The van der Waals surface area contributed by atoms with E-state index in [0.717, 1.165) is 44.3 Å². The van der Waals surface area contributed by atoms with E-state index in [4.69, 9.17) is 0 Å². The Bertz CT molecular complexity index is 543. The van der Waals surface area contributed by atoms with Gasteiger partial charge >= 0.3 is 0 Å². The van der Waals surface area contributed by atoms with Crippen LogP contribution in [0.3, 0.4) is 0 Å². The second-order valence-electron chi connectivity index (χ2n) is 5.08. The highest BCUT2D eigenvalue weighted by Crippen LogP contribution is 2.23. The first-order valence-corrected chi connectivity index (χ1v) is 8.16. The molecule has 0 bridgehead atoms. The Morgan fingerprint density at radius 3 is 2.42 bits per heavy atom. The van der Waals surface area contributed by atoms with Gasteiger partial charge in [0.15, 0.2) is 9.84 Å². The molecular weight excluding hydrogens is 272 g/mol. The van der Waals surface area contributed by atoms with Crippen molar-refractivity contribution in [3.05, 3.63) is 29.3 Å². The summed E-state index contributed by atoms with van der Waals surface area (Å²) >= 11 is 0. The quantitative estimate of drug-likeness (QED) is 0.924. The molecule has 3 nitrogen and oxygen atoms in total. The SMILES string of the molecule is CS(=O)(=O)c1c(F)cc(CC2CCCNC2)cc1F. The van der Waals surface area contributed by atoms with Gasteiger partial charge in [-0.25, -0.2) is 17.2 Å². The first kappa shape index (κ1) is 14.4. The number of hydrogen-bond acceptors (Lipinski definition) is 3. The van der Waals surface area contributed by atoms with Gasteiger partial charge in [0.2, 0.25) is 0 Å². The summed E-state index contributed by atoms with van der Waals surface area (Å²) in [6.45, 7) is 1.81. The predicted molar refractivity (Wildman–Crippen MR) is 68.8 cm³/mol. The number of sulfone groups is 1. The minimum absolute atomic E-state index is 0.344. The van der Waals surface area contributed by atoms with Crippen molar-refractivity contribution in [3.63, 3.8) is 0 Å². The number of hydrogen-bond donors (Lipinski definition) is 1. The standard InChI is InChI=1S/C13H17F2NO2S/c1-19(17,18)13-11(14)6-10(7-12(13)15)5-9-3-2-4-16-8-9/h6-7,9,16H,2-5,8H2,1H3. The molecule has 1 fully saturated rings. The number of halogens is 2. The van der Waals surface area contributed by atoms with Crippen LogP contribution in [-0.2, 0) is 16.3 Å². The summed E-state index contributed by atoms with van der Waals surface area (Å²) in [5, 5.41) is 3.24. The van der Waals surface area contributed by atoms with Crippen LogP contribution in [-0.4, -0.2) is 27.8 Å². The molecule has 0 spiro atoms. The lowest BCUT2D eigenvalue weighted by Crippen LogP contribution is -2.30. The molecule has 1 saturated heterocycles. The fraction of sp³-hybridized carbons (Fsp3) is 0.538. The topological polar surface area (TPSA) is 46.2 Å². The normalized spacial score (nSPS) is 20.5. The molecule has 1 unspecified atom stereocenters. The van der Waals surface area contributed by atoms with E-state index in [1.54, 1.807) is 0 Å². The number of piperidine rings is 1. The number of rotatable bonds is 3. The van der Waals surface area contributed by atoms with Crippen molar-refractivity contribution < 1.29 is 17.2 Å². The van der Waals surface area contributed by atoms with Crippen molar-refractivity contribution in [2.24, 2.45) is 5.92 Å². The molecule has 1 aromatic rings. The summed E-state index contributed by atoms with van der Waals surface area (Å²) in [6, 6.07) is 2.27. The van der Waals surface area contributed by atoms with Crippen LogP contribution in [0.4, 0.5) is 8.78 Å². The molecule has 2 rings (SSSR count). The van der Waals surface area contributed by atoms with Gasteiger partial charge in [-0.05, 0) is 56.0 Å². The van der Waals surface area contributed by atoms with Crippen molar-refractivity contribution in [2.75, 3.05) is 19.3 Å². The largest absolute Gasteiger partial charge is 0.316 e. The summed E-state index contributed by atoms with van der Waals surface area (Å²) in [4.78, 5) is -0.835. The predicted octanol–water partition coefficient (Wildman–Crippen LogP) is 1.91. The zero-order chi connectivity index (χ0) is 14.0. The molecule has 0 amide bonds. The molecule has 1 heterocycles. The van der Waals surface area contributed by atoms with E-state index < -0.39 is 26.4 Å². The molecule has 1 atom stereocenters. The second-order valence-corrected chi connectivity index (χ2v) is 7.03. The summed E-state index contributed by atoms with van der Waals surface area (Å²) in [7, 11) is -3.88. The smallest absolute Gasteiger partial charge is 0.181 e. The highest BCUT2D eigenvalue weighted by atomic mass is 32.2. The summed E-state index contributed by atoms with van der Waals surface area (Å²) in [5.41, 5.74) is 0.510. The second kappa shape index (κ2) is 5.54. The Morgan fingerprint density at radius 2 is 1.95 bits per heavy atom. The fourth-order valence-corrected chi connectivity index (χ4v) is 3.34. The zero-order valence-electron chi connectivity index (χ0n) is 10.7. The lowest BCUT2D eigenvalue weighted by Gasteiger charge is -2.22. The van der Waals surface area contributed by atoms with Crippen molar-refractivity contribution in [1.82, 2.24) is 5.32 Å². The highest BCUT2D eigenvalue weighted by molar-refractivity contribution is 7.90. The van der Waals surface area contributed by atoms with E-state index in [1.807, 2.05) is 0 Å². The van der Waals surface area contributed by atoms with Gasteiger partial charge in [0, 0.05) is 6.26 Å². The van der Waals surface area contributed by atoms with E-state index in [2.05, 4.69) is 5.32 Å². The Labute approximate surface area is 111 Å². The van der Waals surface area contributed by atoms with Crippen LogP contribution in [0.2, 0.25) is 0 Å². The van der Waals surface area contributed by atoms with Crippen LogP contribution in [0.25, 0.3) is 0 Å². The first-order valence-electron chi connectivity index (χ1n) is 6.26. The van der Waals surface area contributed by atoms with Crippen molar-refractivity contribution in [1.29, 1.82) is 0 Å². The molecule has 1 N–H and O–H groups in total.